The minimum Gasteiger partial charge on any atom is -0.479 e. The molecule has 3 aromatic rings. The first-order chi connectivity index (χ1) is 12.3. The predicted molar refractivity (Wildman–Crippen MR) is 86.3 cm³/mol. The highest BCUT2D eigenvalue weighted by atomic mass is 32.1. The van der Waals surface area contributed by atoms with Gasteiger partial charge in [-0.15, -0.1) is 13.2 Å². The van der Waals surface area contributed by atoms with Crippen LogP contribution in [0.25, 0.3) is 10.2 Å². The van der Waals surface area contributed by atoms with Gasteiger partial charge in [0.1, 0.15) is 11.5 Å². The SMILES string of the molecule is COc1cc(CCC(=O)Nc2nc3ccc(OC(F)(F)F)cc3s2)on1. The molecule has 11 heteroatoms. The normalized spacial score (nSPS) is 11.5. The molecule has 1 N–H and O–H groups in total. The molecule has 0 bridgehead atoms. The Bertz CT molecular complexity index is 922. The summed E-state index contributed by atoms with van der Waals surface area (Å²) in [6.07, 6.45) is -4.33. The summed E-state index contributed by atoms with van der Waals surface area (Å²) in [7, 11) is 1.45. The third-order valence-corrected chi connectivity index (χ3v) is 4.12. The number of carbonyl (C=O) groups excluding carboxylic acids is 1. The number of nitrogens with one attached hydrogen (secondary N) is 1. The van der Waals surface area contributed by atoms with Crippen molar-refractivity contribution in [3.05, 3.63) is 30.0 Å². The molecule has 138 valence electrons. The van der Waals surface area contributed by atoms with E-state index in [0.29, 0.717) is 28.3 Å². The zero-order valence-corrected chi connectivity index (χ0v) is 14.1. The molecule has 0 aliphatic rings. The van der Waals surface area contributed by atoms with Crippen LogP contribution >= 0.6 is 11.3 Å². The van der Waals surface area contributed by atoms with Crippen molar-refractivity contribution in [2.45, 2.75) is 19.2 Å². The molecule has 26 heavy (non-hydrogen) atoms. The number of halogens is 3. The fourth-order valence-corrected chi connectivity index (χ4v) is 2.99. The van der Waals surface area contributed by atoms with Crippen molar-refractivity contribution >= 4 is 32.6 Å². The number of hydrogen-bond acceptors (Lipinski definition) is 7. The molecular formula is C15H12F3N3O4S. The number of ether oxygens (including phenoxy) is 2. The maximum absolute atomic E-state index is 12.3. The largest absolute Gasteiger partial charge is 0.573 e. The Labute approximate surface area is 148 Å². The number of rotatable bonds is 6. The fourth-order valence-electron chi connectivity index (χ4n) is 2.08. The van der Waals surface area contributed by atoms with E-state index < -0.39 is 6.36 Å². The molecule has 0 atom stereocenters. The fraction of sp³-hybridized carbons (Fsp3) is 0.267. The standard InChI is InChI=1S/C15H12F3N3O4S/c1-23-13-7-9(25-21-13)3-5-12(22)20-14-19-10-4-2-8(6-11(10)26-14)24-15(16,17)18/h2,4,6-7H,3,5H2,1H3,(H,19,20,22). The average molecular weight is 387 g/mol. The number of methoxy groups -OCH3 is 1. The molecule has 2 aromatic heterocycles. The van der Waals surface area contributed by atoms with Gasteiger partial charge in [-0.25, -0.2) is 4.98 Å². The summed E-state index contributed by atoms with van der Waals surface area (Å²) >= 11 is 1.05. The zero-order valence-electron chi connectivity index (χ0n) is 13.3. The van der Waals surface area contributed by atoms with Crippen molar-refractivity contribution in [1.82, 2.24) is 10.1 Å². The smallest absolute Gasteiger partial charge is 0.479 e. The van der Waals surface area contributed by atoms with Crippen LogP contribution in [0.3, 0.4) is 0 Å². The van der Waals surface area contributed by atoms with Gasteiger partial charge in [0.15, 0.2) is 5.13 Å². The second-order valence-corrected chi connectivity index (χ2v) is 6.11. The Morgan fingerprint density at radius 3 is 2.85 bits per heavy atom. The van der Waals surface area contributed by atoms with E-state index in [-0.39, 0.29) is 23.2 Å². The lowest BCUT2D eigenvalue weighted by Crippen LogP contribution is -2.16. The van der Waals surface area contributed by atoms with E-state index in [1.807, 2.05) is 0 Å². The summed E-state index contributed by atoms with van der Waals surface area (Å²) < 4.78 is 51.0. The molecule has 2 heterocycles. The molecule has 0 saturated heterocycles. The van der Waals surface area contributed by atoms with Gasteiger partial charge in [-0.05, 0) is 17.3 Å². The Hall–Kier alpha value is -2.82. The molecule has 3 rings (SSSR count). The zero-order chi connectivity index (χ0) is 18.7. The molecule has 7 nitrogen and oxygen atoms in total. The molecular weight excluding hydrogens is 375 g/mol. The first kappa shape index (κ1) is 18.0. The van der Waals surface area contributed by atoms with E-state index in [2.05, 4.69) is 20.2 Å². The van der Waals surface area contributed by atoms with Gasteiger partial charge in [-0.1, -0.05) is 11.3 Å². The quantitative estimate of drug-likeness (QED) is 0.693. The Morgan fingerprint density at radius 2 is 2.15 bits per heavy atom. The number of alkyl halides is 3. The van der Waals surface area contributed by atoms with E-state index in [1.54, 1.807) is 6.07 Å². The number of amides is 1. The lowest BCUT2D eigenvalue weighted by Gasteiger charge is -2.07. The second-order valence-electron chi connectivity index (χ2n) is 5.08. The summed E-state index contributed by atoms with van der Waals surface area (Å²) in [6, 6.07) is 5.35. The topological polar surface area (TPSA) is 86.5 Å². The number of aromatic nitrogens is 2. The average Bonchev–Trinajstić information content (AvgIpc) is 3.16. The van der Waals surface area contributed by atoms with Crippen molar-refractivity contribution in [2.75, 3.05) is 12.4 Å². The minimum atomic E-state index is -4.77. The van der Waals surface area contributed by atoms with E-state index in [4.69, 9.17) is 9.26 Å². The lowest BCUT2D eigenvalue weighted by atomic mass is 10.2. The predicted octanol–water partition coefficient (Wildman–Crippen LogP) is 3.76. The monoisotopic (exact) mass is 387 g/mol. The molecule has 0 unspecified atom stereocenters. The third kappa shape index (κ3) is 4.63. The number of carbonyl (C=O) groups is 1. The van der Waals surface area contributed by atoms with Crippen LogP contribution in [-0.4, -0.2) is 29.5 Å². The van der Waals surface area contributed by atoms with Gasteiger partial charge in [0, 0.05) is 25.0 Å². The number of thiazole rings is 1. The van der Waals surface area contributed by atoms with Gasteiger partial charge in [-0.2, -0.15) is 0 Å². The van der Waals surface area contributed by atoms with E-state index >= 15 is 0 Å². The maximum Gasteiger partial charge on any atom is 0.573 e. The molecule has 0 spiro atoms. The second kappa shape index (κ2) is 7.20. The number of fused-ring (bicyclic) bond motifs is 1. The molecule has 0 saturated carbocycles. The Balaban J connectivity index is 1.61. The summed E-state index contributed by atoms with van der Waals surface area (Å²) in [5, 5.41) is 6.51. The highest BCUT2D eigenvalue weighted by molar-refractivity contribution is 7.22. The molecule has 1 aromatic carbocycles. The van der Waals surface area contributed by atoms with Crippen molar-refractivity contribution < 1.29 is 32.0 Å². The van der Waals surface area contributed by atoms with E-state index in [1.165, 1.54) is 25.3 Å². The van der Waals surface area contributed by atoms with Crippen molar-refractivity contribution in [3.63, 3.8) is 0 Å². The van der Waals surface area contributed by atoms with Crippen LogP contribution in [0.1, 0.15) is 12.2 Å². The first-order valence-electron chi connectivity index (χ1n) is 7.28. The van der Waals surface area contributed by atoms with Crippen molar-refractivity contribution in [3.8, 4) is 11.6 Å². The molecule has 0 aliphatic heterocycles. The summed E-state index contributed by atoms with van der Waals surface area (Å²) in [4.78, 5) is 16.1. The lowest BCUT2D eigenvalue weighted by molar-refractivity contribution is -0.274. The molecule has 0 fully saturated rings. The van der Waals surface area contributed by atoms with Crippen LogP contribution in [0.5, 0.6) is 11.6 Å². The molecule has 0 aliphatic carbocycles. The Kier molecular flexibility index (Phi) is 4.98. The van der Waals surface area contributed by atoms with Crippen LogP contribution in [-0.2, 0) is 11.2 Å². The maximum atomic E-state index is 12.3. The summed E-state index contributed by atoms with van der Waals surface area (Å²) in [6.45, 7) is 0. The molecule has 0 radical (unpaired) electrons. The van der Waals surface area contributed by atoms with Crippen LogP contribution in [0.15, 0.2) is 28.8 Å². The van der Waals surface area contributed by atoms with Gasteiger partial charge in [0.25, 0.3) is 5.88 Å². The number of hydrogen-bond donors (Lipinski definition) is 1. The van der Waals surface area contributed by atoms with Crippen LogP contribution in [0.4, 0.5) is 18.3 Å². The van der Waals surface area contributed by atoms with Crippen LogP contribution in [0.2, 0.25) is 0 Å². The van der Waals surface area contributed by atoms with E-state index in [9.17, 15) is 18.0 Å². The van der Waals surface area contributed by atoms with Crippen LogP contribution < -0.4 is 14.8 Å². The van der Waals surface area contributed by atoms with E-state index in [0.717, 1.165) is 11.3 Å². The Morgan fingerprint density at radius 1 is 1.35 bits per heavy atom. The number of aryl methyl sites for hydroxylation is 1. The summed E-state index contributed by atoms with van der Waals surface area (Å²) in [5.41, 5.74) is 0.458. The van der Waals surface area contributed by atoms with Crippen molar-refractivity contribution in [2.24, 2.45) is 0 Å². The minimum absolute atomic E-state index is 0.122. The van der Waals surface area contributed by atoms with Crippen molar-refractivity contribution in [1.29, 1.82) is 0 Å². The van der Waals surface area contributed by atoms with Gasteiger partial charge in [0.05, 0.1) is 17.3 Å². The number of anilines is 1. The van der Waals surface area contributed by atoms with Gasteiger partial charge >= 0.3 is 6.36 Å². The third-order valence-electron chi connectivity index (χ3n) is 3.18. The first-order valence-corrected chi connectivity index (χ1v) is 8.10. The number of benzene rings is 1. The summed E-state index contributed by atoms with van der Waals surface area (Å²) in [5.74, 6) is 0.163. The van der Waals surface area contributed by atoms with Gasteiger partial charge < -0.3 is 19.3 Å². The number of nitrogens with zero attached hydrogens (tertiary/aromatic N) is 2. The highest BCUT2D eigenvalue weighted by Crippen LogP contribution is 2.31. The van der Waals surface area contributed by atoms with Crippen LogP contribution in [0, 0.1) is 0 Å². The highest BCUT2D eigenvalue weighted by Gasteiger charge is 2.31. The van der Waals surface area contributed by atoms with Gasteiger partial charge in [0.2, 0.25) is 5.91 Å². The van der Waals surface area contributed by atoms with Gasteiger partial charge in [-0.3, -0.25) is 4.79 Å². The molecule has 1 amide bonds.